The van der Waals surface area contributed by atoms with Crippen LogP contribution in [0.15, 0.2) is 0 Å². The van der Waals surface area contributed by atoms with Gasteiger partial charge in [-0.1, -0.05) is 19.8 Å². The summed E-state index contributed by atoms with van der Waals surface area (Å²) in [5.41, 5.74) is 0. The molecule has 5 heteroatoms. The number of nitrogens with one attached hydrogen (secondary N) is 1. The van der Waals surface area contributed by atoms with E-state index in [0.717, 1.165) is 32.1 Å². The van der Waals surface area contributed by atoms with Crippen LogP contribution >= 0.6 is 0 Å². The van der Waals surface area contributed by atoms with Crippen LogP contribution in [-0.2, 0) is 14.3 Å². The molecule has 4 atom stereocenters. The zero-order chi connectivity index (χ0) is 13.8. The maximum atomic E-state index is 12.0. The average molecular weight is 269 g/mol. The lowest BCUT2D eigenvalue weighted by molar-refractivity contribution is -0.145. The lowest BCUT2D eigenvalue weighted by Gasteiger charge is -2.29. The number of amides is 1. The smallest absolute Gasteiger partial charge is 0.306 e. The number of aliphatic carboxylic acids is 1. The highest BCUT2D eigenvalue weighted by atomic mass is 16.5. The standard InChI is InChI=1S/C14H23NO4/c1-9-6-7-19-12(9)13(16)15-8-10-4-2-3-5-11(10)14(17)18/h9-12H,2-8H2,1H3,(H,15,16)(H,17,18). The summed E-state index contributed by atoms with van der Waals surface area (Å²) in [6, 6.07) is 0. The van der Waals surface area contributed by atoms with Crippen LogP contribution in [0.1, 0.15) is 39.0 Å². The van der Waals surface area contributed by atoms with Gasteiger partial charge in [-0.15, -0.1) is 0 Å². The summed E-state index contributed by atoms with van der Waals surface area (Å²) in [7, 11) is 0. The number of carbonyl (C=O) groups is 2. The second kappa shape index (κ2) is 6.37. The lowest BCUT2D eigenvalue weighted by atomic mass is 9.79. The minimum absolute atomic E-state index is 0.0620. The number of carboxylic acids is 1. The van der Waals surface area contributed by atoms with Crippen LogP contribution < -0.4 is 5.32 Å². The molecule has 1 saturated carbocycles. The van der Waals surface area contributed by atoms with Gasteiger partial charge in [-0.3, -0.25) is 9.59 Å². The quantitative estimate of drug-likeness (QED) is 0.809. The van der Waals surface area contributed by atoms with Crippen molar-refractivity contribution in [2.75, 3.05) is 13.2 Å². The van der Waals surface area contributed by atoms with E-state index < -0.39 is 5.97 Å². The summed E-state index contributed by atoms with van der Waals surface area (Å²) in [5.74, 6) is -0.811. The van der Waals surface area contributed by atoms with Gasteiger partial charge in [-0.25, -0.2) is 0 Å². The van der Waals surface area contributed by atoms with Gasteiger partial charge >= 0.3 is 5.97 Å². The molecule has 4 unspecified atom stereocenters. The van der Waals surface area contributed by atoms with Crippen molar-refractivity contribution in [1.29, 1.82) is 0 Å². The maximum Gasteiger partial charge on any atom is 0.306 e. The Kier molecular flexibility index (Phi) is 4.80. The summed E-state index contributed by atoms with van der Waals surface area (Å²) in [6.45, 7) is 3.11. The van der Waals surface area contributed by atoms with Crippen molar-refractivity contribution in [3.63, 3.8) is 0 Å². The Bertz CT molecular complexity index is 344. The normalized spacial score (nSPS) is 35.0. The van der Waals surface area contributed by atoms with Crippen molar-refractivity contribution >= 4 is 11.9 Å². The minimum Gasteiger partial charge on any atom is -0.481 e. The Hall–Kier alpha value is -1.10. The van der Waals surface area contributed by atoms with Crippen LogP contribution in [0.2, 0.25) is 0 Å². The van der Waals surface area contributed by atoms with Gasteiger partial charge in [-0.2, -0.15) is 0 Å². The van der Waals surface area contributed by atoms with Gasteiger partial charge < -0.3 is 15.2 Å². The van der Waals surface area contributed by atoms with Gasteiger partial charge in [-0.05, 0) is 31.1 Å². The first kappa shape index (κ1) is 14.3. The molecule has 2 aliphatic rings. The zero-order valence-corrected chi connectivity index (χ0v) is 11.4. The Morgan fingerprint density at radius 3 is 2.63 bits per heavy atom. The Morgan fingerprint density at radius 2 is 2.00 bits per heavy atom. The van der Waals surface area contributed by atoms with E-state index in [9.17, 15) is 14.7 Å². The number of carboxylic acid groups (broad SMARTS) is 1. The highest BCUT2D eigenvalue weighted by Gasteiger charge is 2.34. The van der Waals surface area contributed by atoms with Gasteiger partial charge in [0.1, 0.15) is 6.10 Å². The Morgan fingerprint density at radius 1 is 1.26 bits per heavy atom. The zero-order valence-electron chi connectivity index (χ0n) is 11.4. The van der Waals surface area contributed by atoms with Crippen LogP contribution in [0.4, 0.5) is 0 Å². The largest absolute Gasteiger partial charge is 0.481 e. The van der Waals surface area contributed by atoms with Crippen molar-refractivity contribution in [1.82, 2.24) is 5.32 Å². The topological polar surface area (TPSA) is 75.6 Å². The first-order chi connectivity index (χ1) is 9.09. The fraction of sp³-hybridized carbons (Fsp3) is 0.857. The molecule has 0 bridgehead atoms. The number of ether oxygens (including phenoxy) is 1. The fourth-order valence-electron chi connectivity index (χ4n) is 3.14. The van der Waals surface area contributed by atoms with Crippen molar-refractivity contribution in [3.05, 3.63) is 0 Å². The molecule has 5 nitrogen and oxygen atoms in total. The Balaban J connectivity index is 1.83. The SMILES string of the molecule is CC1CCOC1C(=O)NCC1CCCCC1C(=O)O. The van der Waals surface area contributed by atoms with E-state index in [1.54, 1.807) is 0 Å². The summed E-state index contributed by atoms with van der Waals surface area (Å²) in [5, 5.41) is 12.1. The summed E-state index contributed by atoms with van der Waals surface area (Å²) in [4.78, 5) is 23.2. The molecule has 108 valence electrons. The van der Waals surface area contributed by atoms with Crippen LogP contribution in [0.5, 0.6) is 0 Å². The van der Waals surface area contributed by atoms with E-state index in [2.05, 4.69) is 5.32 Å². The molecule has 2 N–H and O–H groups in total. The van der Waals surface area contributed by atoms with Gasteiger partial charge in [0.15, 0.2) is 0 Å². The molecule has 2 rings (SSSR count). The van der Waals surface area contributed by atoms with Gasteiger partial charge in [0.25, 0.3) is 0 Å². The molecule has 0 spiro atoms. The third-order valence-corrected chi connectivity index (χ3v) is 4.41. The molecule has 2 fully saturated rings. The van der Waals surface area contributed by atoms with E-state index in [0.29, 0.717) is 13.2 Å². The molecule has 1 heterocycles. The van der Waals surface area contributed by atoms with Gasteiger partial charge in [0.2, 0.25) is 5.91 Å². The summed E-state index contributed by atoms with van der Waals surface area (Å²) in [6.07, 6.45) is 4.21. The molecule has 0 radical (unpaired) electrons. The lowest BCUT2D eigenvalue weighted by Crippen LogP contribution is -2.42. The highest BCUT2D eigenvalue weighted by Crippen LogP contribution is 2.30. The third kappa shape index (κ3) is 3.47. The number of rotatable bonds is 4. The molecule has 19 heavy (non-hydrogen) atoms. The van der Waals surface area contributed by atoms with E-state index in [1.165, 1.54) is 0 Å². The molecular formula is C14H23NO4. The van der Waals surface area contributed by atoms with Gasteiger partial charge in [0.05, 0.1) is 5.92 Å². The predicted octanol–water partition coefficient (Wildman–Crippen LogP) is 1.42. The predicted molar refractivity (Wildman–Crippen MR) is 69.6 cm³/mol. The van der Waals surface area contributed by atoms with Crippen molar-refractivity contribution in [2.45, 2.75) is 45.1 Å². The molecule has 1 aliphatic heterocycles. The second-order valence-electron chi connectivity index (χ2n) is 5.79. The monoisotopic (exact) mass is 269 g/mol. The first-order valence-electron chi connectivity index (χ1n) is 7.21. The van der Waals surface area contributed by atoms with Crippen molar-refractivity contribution in [3.8, 4) is 0 Å². The number of hydrogen-bond acceptors (Lipinski definition) is 3. The fourth-order valence-corrected chi connectivity index (χ4v) is 3.14. The molecule has 0 aromatic heterocycles. The second-order valence-corrected chi connectivity index (χ2v) is 5.79. The summed E-state index contributed by atoms with van der Waals surface area (Å²) < 4.78 is 5.41. The van der Waals surface area contributed by atoms with E-state index in [4.69, 9.17) is 4.74 Å². The van der Waals surface area contributed by atoms with Crippen LogP contribution in [0.3, 0.4) is 0 Å². The van der Waals surface area contributed by atoms with Crippen LogP contribution in [-0.4, -0.2) is 36.2 Å². The van der Waals surface area contributed by atoms with Crippen LogP contribution in [0.25, 0.3) is 0 Å². The minimum atomic E-state index is -0.732. The average Bonchev–Trinajstić information content (AvgIpc) is 2.82. The van der Waals surface area contributed by atoms with E-state index >= 15 is 0 Å². The highest BCUT2D eigenvalue weighted by molar-refractivity contribution is 5.81. The van der Waals surface area contributed by atoms with Crippen molar-refractivity contribution in [2.24, 2.45) is 17.8 Å². The number of carbonyl (C=O) groups excluding carboxylic acids is 1. The van der Waals surface area contributed by atoms with E-state index in [1.807, 2.05) is 6.92 Å². The molecule has 0 aromatic carbocycles. The Labute approximate surface area is 113 Å². The molecular weight excluding hydrogens is 246 g/mol. The van der Waals surface area contributed by atoms with Crippen molar-refractivity contribution < 1.29 is 19.4 Å². The molecule has 1 saturated heterocycles. The third-order valence-electron chi connectivity index (χ3n) is 4.41. The van der Waals surface area contributed by atoms with E-state index in [-0.39, 0.29) is 29.8 Å². The molecule has 1 amide bonds. The molecule has 0 aromatic rings. The summed E-state index contributed by atoms with van der Waals surface area (Å²) >= 11 is 0. The van der Waals surface area contributed by atoms with Gasteiger partial charge in [0, 0.05) is 13.2 Å². The maximum absolute atomic E-state index is 12.0. The first-order valence-corrected chi connectivity index (χ1v) is 7.21. The molecule has 1 aliphatic carbocycles. The van der Waals surface area contributed by atoms with Crippen LogP contribution in [0, 0.1) is 17.8 Å². The number of hydrogen-bond donors (Lipinski definition) is 2.